The summed E-state index contributed by atoms with van der Waals surface area (Å²) < 4.78 is 1.79. The lowest BCUT2D eigenvalue weighted by Crippen LogP contribution is -2.39. The molecule has 3 amide bonds. The molecule has 7 nitrogen and oxygen atoms in total. The van der Waals surface area contributed by atoms with Crippen molar-refractivity contribution in [3.05, 3.63) is 119 Å². The number of para-hydroxylation sites is 1. The Labute approximate surface area is 271 Å². The molecule has 46 heavy (non-hydrogen) atoms. The Bertz CT molecular complexity index is 1840. The van der Waals surface area contributed by atoms with Crippen molar-refractivity contribution in [2.75, 3.05) is 23.7 Å². The molecule has 0 radical (unpaired) electrons. The highest BCUT2D eigenvalue weighted by Crippen LogP contribution is 2.29. The smallest absolute Gasteiger partial charge is 0.324 e. The molecule has 6 rings (SSSR count). The zero-order valence-corrected chi connectivity index (χ0v) is 27.2. The van der Waals surface area contributed by atoms with Gasteiger partial charge in [0, 0.05) is 30.3 Å². The number of hydrogen-bond acceptors (Lipinski definition) is 3. The minimum Gasteiger partial charge on any atom is -0.342 e. The van der Waals surface area contributed by atoms with Crippen molar-refractivity contribution < 1.29 is 9.59 Å². The summed E-state index contributed by atoms with van der Waals surface area (Å²) in [5.74, 6) is 1.24. The fourth-order valence-electron chi connectivity index (χ4n) is 6.23. The average Bonchev–Trinajstić information content (AvgIpc) is 3.47. The van der Waals surface area contributed by atoms with Gasteiger partial charge in [-0.15, -0.1) is 0 Å². The Hall–Kier alpha value is -4.91. The van der Waals surface area contributed by atoms with E-state index in [0.717, 1.165) is 71.5 Å². The van der Waals surface area contributed by atoms with Gasteiger partial charge in [0.1, 0.15) is 5.82 Å². The Morgan fingerprint density at radius 3 is 2.26 bits per heavy atom. The maximum absolute atomic E-state index is 13.4. The second-order valence-corrected chi connectivity index (χ2v) is 13.5. The van der Waals surface area contributed by atoms with Crippen molar-refractivity contribution >= 4 is 34.2 Å². The quantitative estimate of drug-likeness (QED) is 0.194. The molecule has 1 aliphatic rings. The first-order valence-corrected chi connectivity index (χ1v) is 16.2. The highest BCUT2D eigenvalue weighted by Gasteiger charge is 2.25. The summed E-state index contributed by atoms with van der Waals surface area (Å²) in [6, 6.07) is 32.2. The van der Waals surface area contributed by atoms with Crippen LogP contribution >= 0.6 is 0 Å². The molecule has 4 aromatic carbocycles. The molecule has 0 aliphatic carbocycles. The van der Waals surface area contributed by atoms with Crippen LogP contribution in [0.2, 0.25) is 0 Å². The number of aryl methyl sites for hydroxylation is 1. The molecule has 0 saturated carbocycles. The summed E-state index contributed by atoms with van der Waals surface area (Å²) in [6.07, 6.45) is 3.14. The normalized spacial score (nSPS) is 14.0. The molecule has 0 unspecified atom stereocenters. The fourth-order valence-corrected chi connectivity index (χ4v) is 6.23. The van der Waals surface area contributed by atoms with E-state index >= 15 is 0 Å². The number of benzene rings is 4. The third kappa shape index (κ3) is 7.15. The van der Waals surface area contributed by atoms with Crippen LogP contribution in [-0.2, 0) is 23.1 Å². The Morgan fingerprint density at radius 2 is 1.50 bits per heavy atom. The first-order valence-electron chi connectivity index (χ1n) is 16.2. The predicted molar refractivity (Wildman–Crippen MR) is 187 cm³/mol. The highest BCUT2D eigenvalue weighted by molar-refractivity contribution is 6.00. The average molecular weight is 614 g/mol. The van der Waals surface area contributed by atoms with Crippen LogP contribution in [0.4, 0.5) is 16.3 Å². The molecule has 7 heteroatoms. The van der Waals surface area contributed by atoms with Crippen molar-refractivity contribution in [2.24, 2.45) is 5.92 Å². The number of carbonyl (C=O) groups is 2. The molecule has 1 saturated heterocycles. The number of piperidine rings is 1. The lowest BCUT2D eigenvalue weighted by molar-refractivity contribution is -0.131. The summed E-state index contributed by atoms with van der Waals surface area (Å²) in [6.45, 7) is 9.89. The SMILES string of the molecule is Cc1ccc(-n2nc(C(C)(C)C)cc2NC(=O)Nc2ccccc2CC2CCN(C(=O)Cc3cccc4ccccc34)CC2)cc1. The van der Waals surface area contributed by atoms with Gasteiger partial charge in [-0.3, -0.25) is 10.1 Å². The Morgan fingerprint density at radius 1 is 0.826 bits per heavy atom. The van der Waals surface area contributed by atoms with E-state index in [2.05, 4.69) is 61.7 Å². The fraction of sp³-hybridized carbons (Fsp3) is 0.308. The second-order valence-electron chi connectivity index (χ2n) is 13.5. The van der Waals surface area contributed by atoms with Crippen LogP contribution in [0.15, 0.2) is 97.1 Å². The summed E-state index contributed by atoms with van der Waals surface area (Å²) in [7, 11) is 0. The van der Waals surface area contributed by atoms with Gasteiger partial charge in [0.15, 0.2) is 0 Å². The Balaban J connectivity index is 1.08. The van der Waals surface area contributed by atoms with Crippen LogP contribution in [0.3, 0.4) is 0 Å². The number of amides is 3. The number of anilines is 2. The third-order valence-electron chi connectivity index (χ3n) is 8.96. The van der Waals surface area contributed by atoms with Gasteiger partial charge in [-0.25, -0.2) is 9.48 Å². The zero-order chi connectivity index (χ0) is 32.3. The van der Waals surface area contributed by atoms with Crippen LogP contribution in [0.1, 0.15) is 56.0 Å². The molecule has 5 aromatic rings. The minimum atomic E-state index is -0.310. The standard InChI is InChI=1S/C39H43N5O2/c1-27-16-18-32(19-17-27)44-36(26-35(42-44)39(2,3)4)41-38(46)40-34-15-8-6-11-31(34)24-28-20-22-43(23-21-28)37(45)25-30-13-9-12-29-10-5-7-14-33(29)30/h5-19,26,28H,20-25H2,1-4H3,(H2,40,41,46). The van der Waals surface area contributed by atoms with Gasteiger partial charge in [-0.1, -0.05) is 99.1 Å². The maximum atomic E-state index is 13.4. The molecule has 236 valence electrons. The third-order valence-corrected chi connectivity index (χ3v) is 8.96. The topological polar surface area (TPSA) is 79.3 Å². The predicted octanol–water partition coefficient (Wildman–Crippen LogP) is 8.30. The van der Waals surface area contributed by atoms with E-state index in [-0.39, 0.29) is 17.4 Å². The molecule has 0 bridgehead atoms. The maximum Gasteiger partial charge on any atom is 0.324 e. The molecule has 2 heterocycles. The van der Waals surface area contributed by atoms with Gasteiger partial charge in [-0.05, 0) is 72.2 Å². The van der Waals surface area contributed by atoms with E-state index in [0.29, 0.717) is 18.2 Å². The number of fused-ring (bicyclic) bond motifs is 1. The largest absolute Gasteiger partial charge is 0.342 e. The summed E-state index contributed by atoms with van der Waals surface area (Å²) in [5.41, 5.74) is 5.75. The zero-order valence-electron chi connectivity index (χ0n) is 27.2. The number of aromatic nitrogens is 2. The molecule has 0 atom stereocenters. The molecule has 0 spiro atoms. The number of nitrogens with zero attached hydrogens (tertiary/aromatic N) is 3. The molecule has 1 fully saturated rings. The van der Waals surface area contributed by atoms with Gasteiger partial charge in [0.25, 0.3) is 0 Å². The molecule has 2 N–H and O–H groups in total. The van der Waals surface area contributed by atoms with Crippen molar-refractivity contribution in [2.45, 2.75) is 58.8 Å². The van der Waals surface area contributed by atoms with Crippen LogP contribution in [0, 0.1) is 12.8 Å². The van der Waals surface area contributed by atoms with E-state index in [4.69, 9.17) is 5.10 Å². The first-order chi connectivity index (χ1) is 22.1. The minimum absolute atomic E-state index is 0.175. The van der Waals surface area contributed by atoms with Crippen LogP contribution < -0.4 is 10.6 Å². The first kappa shape index (κ1) is 31.1. The molecule has 1 aromatic heterocycles. The molecular weight excluding hydrogens is 570 g/mol. The van der Waals surface area contributed by atoms with Gasteiger partial charge in [0.2, 0.25) is 5.91 Å². The van der Waals surface area contributed by atoms with Gasteiger partial charge < -0.3 is 10.2 Å². The lowest BCUT2D eigenvalue weighted by Gasteiger charge is -2.32. The van der Waals surface area contributed by atoms with E-state index in [9.17, 15) is 9.59 Å². The Kier molecular flexibility index (Phi) is 8.93. The number of carbonyl (C=O) groups excluding carboxylic acids is 2. The number of hydrogen-bond donors (Lipinski definition) is 2. The van der Waals surface area contributed by atoms with Crippen LogP contribution in [0.25, 0.3) is 16.5 Å². The van der Waals surface area contributed by atoms with Gasteiger partial charge >= 0.3 is 6.03 Å². The van der Waals surface area contributed by atoms with Crippen LogP contribution in [-0.4, -0.2) is 39.7 Å². The summed E-state index contributed by atoms with van der Waals surface area (Å²) in [5, 5.41) is 13.3. The summed E-state index contributed by atoms with van der Waals surface area (Å²) >= 11 is 0. The van der Waals surface area contributed by atoms with Crippen LogP contribution in [0.5, 0.6) is 0 Å². The number of likely N-dealkylation sites (tertiary alicyclic amines) is 1. The number of urea groups is 1. The molecular formula is C39H43N5O2. The van der Waals surface area contributed by atoms with Crippen molar-refractivity contribution in [3.63, 3.8) is 0 Å². The molecule has 1 aliphatic heterocycles. The summed E-state index contributed by atoms with van der Waals surface area (Å²) in [4.78, 5) is 28.6. The second kappa shape index (κ2) is 13.2. The number of nitrogens with one attached hydrogen (secondary N) is 2. The van der Waals surface area contributed by atoms with E-state index < -0.39 is 0 Å². The van der Waals surface area contributed by atoms with Crippen molar-refractivity contribution in [1.29, 1.82) is 0 Å². The van der Waals surface area contributed by atoms with E-state index in [1.54, 1.807) is 4.68 Å². The van der Waals surface area contributed by atoms with E-state index in [1.807, 2.05) is 78.6 Å². The van der Waals surface area contributed by atoms with Gasteiger partial charge in [0.05, 0.1) is 17.8 Å². The highest BCUT2D eigenvalue weighted by atomic mass is 16.2. The van der Waals surface area contributed by atoms with Crippen molar-refractivity contribution in [1.82, 2.24) is 14.7 Å². The van der Waals surface area contributed by atoms with Crippen molar-refractivity contribution in [3.8, 4) is 5.69 Å². The number of rotatable bonds is 7. The van der Waals surface area contributed by atoms with E-state index in [1.165, 1.54) is 5.39 Å². The lowest BCUT2D eigenvalue weighted by atomic mass is 9.89. The monoisotopic (exact) mass is 613 g/mol. The van der Waals surface area contributed by atoms with Gasteiger partial charge in [-0.2, -0.15) is 5.10 Å².